The maximum atomic E-state index is 10.9. The molecule has 1 aromatic rings. The summed E-state index contributed by atoms with van der Waals surface area (Å²) in [6.45, 7) is 5.08. The van der Waals surface area contributed by atoms with Crippen molar-refractivity contribution < 1.29 is 9.90 Å². The van der Waals surface area contributed by atoms with Crippen LogP contribution in [-0.4, -0.2) is 17.6 Å². The van der Waals surface area contributed by atoms with Gasteiger partial charge in [-0.2, -0.15) is 0 Å². The van der Waals surface area contributed by atoms with E-state index in [0.717, 1.165) is 17.8 Å². The van der Waals surface area contributed by atoms with Gasteiger partial charge in [-0.05, 0) is 55.4 Å². The van der Waals surface area contributed by atoms with Gasteiger partial charge in [0.2, 0.25) is 0 Å². The Morgan fingerprint density at radius 1 is 1.44 bits per heavy atom. The van der Waals surface area contributed by atoms with Crippen LogP contribution < -0.4 is 5.32 Å². The van der Waals surface area contributed by atoms with Gasteiger partial charge < -0.3 is 10.4 Å². The van der Waals surface area contributed by atoms with E-state index in [9.17, 15) is 4.79 Å². The predicted octanol–water partition coefficient (Wildman–Crippen LogP) is 3.69. The summed E-state index contributed by atoms with van der Waals surface area (Å²) in [5, 5.41) is 12.4. The Morgan fingerprint density at radius 2 is 2.17 bits per heavy atom. The van der Waals surface area contributed by atoms with Crippen LogP contribution in [0.4, 0.5) is 5.69 Å². The van der Waals surface area contributed by atoms with Crippen molar-refractivity contribution in [1.29, 1.82) is 0 Å². The van der Waals surface area contributed by atoms with E-state index in [1.54, 1.807) is 6.07 Å². The lowest BCUT2D eigenvalue weighted by atomic mass is 10.0. The van der Waals surface area contributed by atoms with Crippen LogP contribution in [-0.2, 0) is 0 Å². The van der Waals surface area contributed by atoms with E-state index in [1.807, 2.05) is 19.1 Å². The van der Waals surface area contributed by atoms with Gasteiger partial charge in [-0.3, -0.25) is 0 Å². The van der Waals surface area contributed by atoms with E-state index >= 15 is 0 Å². The van der Waals surface area contributed by atoms with Gasteiger partial charge in [0.15, 0.2) is 0 Å². The molecule has 98 valence electrons. The average Bonchev–Trinajstić information content (AvgIpc) is 3.07. The standard InChI is InChI=1S/C15H21NO2/c1-3-6-15(7-8-15)10-16-12-4-5-13(14(17)18)11(2)9-12/h4-5,9,16H,3,6-8,10H2,1-2H3,(H,17,18). The van der Waals surface area contributed by atoms with Crippen molar-refractivity contribution in [2.24, 2.45) is 5.41 Å². The molecule has 0 atom stereocenters. The number of hydrogen-bond donors (Lipinski definition) is 2. The van der Waals surface area contributed by atoms with Crippen LogP contribution >= 0.6 is 0 Å². The molecule has 0 amide bonds. The molecule has 0 aromatic heterocycles. The fourth-order valence-corrected chi connectivity index (χ4v) is 2.53. The molecule has 1 fully saturated rings. The van der Waals surface area contributed by atoms with Gasteiger partial charge >= 0.3 is 5.97 Å². The summed E-state index contributed by atoms with van der Waals surface area (Å²) in [6.07, 6.45) is 5.16. The summed E-state index contributed by atoms with van der Waals surface area (Å²) in [6, 6.07) is 5.46. The molecule has 18 heavy (non-hydrogen) atoms. The first-order chi connectivity index (χ1) is 8.56. The summed E-state index contributed by atoms with van der Waals surface area (Å²) in [5.74, 6) is -0.858. The van der Waals surface area contributed by atoms with Gasteiger partial charge in [0.1, 0.15) is 0 Å². The number of aryl methyl sites for hydroxylation is 1. The lowest BCUT2D eigenvalue weighted by Gasteiger charge is -2.16. The molecule has 2 N–H and O–H groups in total. The SMILES string of the molecule is CCCC1(CNc2ccc(C(=O)O)c(C)c2)CC1. The second kappa shape index (κ2) is 5.01. The topological polar surface area (TPSA) is 49.3 Å². The van der Waals surface area contributed by atoms with Gasteiger partial charge in [-0.25, -0.2) is 4.79 Å². The average molecular weight is 247 g/mol. The molecule has 2 rings (SSSR count). The Balaban J connectivity index is 1.98. The van der Waals surface area contributed by atoms with Crippen molar-refractivity contribution in [1.82, 2.24) is 0 Å². The Morgan fingerprint density at radius 3 is 2.67 bits per heavy atom. The first kappa shape index (κ1) is 12.9. The highest BCUT2D eigenvalue weighted by Gasteiger charge is 2.40. The number of rotatable bonds is 6. The zero-order valence-corrected chi connectivity index (χ0v) is 11.1. The maximum absolute atomic E-state index is 10.9. The number of aromatic carboxylic acids is 1. The first-order valence-electron chi connectivity index (χ1n) is 6.64. The Bertz CT molecular complexity index is 450. The van der Waals surface area contributed by atoms with Gasteiger partial charge in [0, 0.05) is 12.2 Å². The third kappa shape index (κ3) is 2.84. The smallest absolute Gasteiger partial charge is 0.335 e. The number of carbonyl (C=O) groups is 1. The van der Waals surface area contributed by atoms with Gasteiger partial charge in [-0.1, -0.05) is 13.3 Å². The number of nitrogens with one attached hydrogen (secondary N) is 1. The lowest BCUT2D eigenvalue weighted by Crippen LogP contribution is -2.15. The summed E-state index contributed by atoms with van der Waals surface area (Å²) >= 11 is 0. The Kier molecular flexibility index (Phi) is 3.60. The molecule has 0 heterocycles. The lowest BCUT2D eigenvalue weighted by molar-refractivity contribution is 0.0696. The first-order valence-corrected chi connectivity index (χ1v) is 6.64. The van der Waals surface area contributed by atoms with E-state index in [4.69, 9.17) is 5.11 Å². The molecule has 0 unspecified atom stereocenters. The molecule has 1 saturated carbocycles. The third-order valence-corrected chi connectivity index (χ3v) is 3.86. The molecule has 1 aromatic carbocycles. The molecule has 0 spiro atoms. The van der Waals surface area contributed by atoms with E-state index in [1.165, 1.54) is 25.7 Å². The molecular weight excluding hydrogens is 226 g/mol. The molecule has 3 heteroatoms. The van der Waals surface area contributed by atoms with Crippen molar-refractivity contribution in [3.05, 3.63) is 29.3 Å². The van der Waals surface area contributed by atoms with E-state index in [0.29, 0.717) is 11.0 Å². The highest BCUT2D eigenvalue weighted by Crippen LogP contribution is 2.49. The van der Waals surface area contributed by atoms with Crippen LogP contribution in [0.5, 0.6) is 0 Å². The third-order valence-electron chi connectivity index (χ3n) is 3.86. The van der Waals surface area contributed by atoms with Crippen molar-refractivity contribution in [2.45, 2.75) is 39.5 Å². The number of benzene rings is 1. The normalized spacial score (nSPS) is 16.3. The number of carboxylic acid groups (broad SMARTS) is 1. The van der Waals surface area contributed by atoms with Crippen LogP contribution in [0.2, 0.25) is 0 Å². The minimum atomic E-state index is -0.858. The zero-order valence-electron chi connectivity index (χ0n) is 11.1. The highest BCUT2D eigenvalue weighted by atomic mass is 16.4. The monoisotopic (exact) mass is 247 g/mol. The summed E-state index contributed by atoms with van der Waals surface area (Å²) in [7, 11) is 0. The number of hydrogen-bond acceptors (Lipinski definition) is 2. The van der Waals surface area contributed by atoms with Crippen molar-refractivity contribution in [3.63, 3.8) is 0 Å². The number of carboxylic acids is 1. The minimum Gasteiger partial charge on any atom is -0.478 e. The van der Waals surface area contributed by atoms with Crippen molar-refractivity contribution >= 4 is 11.7 Å². The second-order valence-corrected chi connectivity index (χ2v) is 5.44. The van der Waals surface area contributed by atoms with Crippen molar-refractivity contribution in [2.75, 3.05) is 11.9 Å². The van der Waals surface area contributed by atoms with Crippen LogP contribution in [0, 0.1) is 12.3 Å². The van der Waals surface area contributed by atoms with E-state index < -0.39 is 5.97 Å². The van der Waals surface area contributed by atoms with Gasteiger partial charge in [-0.15, -0.1) is 0 Å². The van der Waals surface area contributed by atoms with Gasteiger partial charge in [0.25, 0.3) is 0 Å². The van der Waals surface area contributed by atoms with Crippen LogP contribution in [0.1, 0.15) is 48.5 Å². The van der Waals surface area contributed by atoms with Crippen LogP contribution in [0.15, 0.2) is 18.2 Å². The zero-order chi connectivity index (χ0) is 13.2. The molecular formula is C15H21NO2. The molecule has 1 aliphatic carbocycles. The largest absolute Gasteiger partial charge is 0.478 e. The summed E-state index contributed by atoms with van der Waals surface area (Å²) in [4.78, 5) is 10.9. The molecule has 1 aliphatic rings. The van der Waals surface area contributed by atoms with Gasteiger partial charge in [0.05, 0.1) is 5.56 Å². The van der Waals surface area contributed by atoms with E-state index in [2.05, 4.69) is 12.2 Å². The quantitative estimate of drug-likeness (QED) is 0.806. The highest BCUT2D eigenvalue weighted by molar-refractivity contribution is 5.89. The second-order valence-electron chi connectivity index (χ2n) is 5.44. The van der Waals surface area contributed by atoms with Crippen LogP contribution in [0.3, 0.4) is 0 Å². The summed E-state index contributed by atoms with van der Waals surface area (Å²) in [5.41, 5.74) is 2.73. The molecule has 0 bridgehead atoms. The molecule has 0 saturated heterocycles. The molecule has 3 nitrogen and oxygen atoms in total. The summed E-state index contributed by atoms with van der Waals surface area (Å²) < 4.78 is 0. The van der Waals surface area contributed by atoms with E-state index in [-0.39, 0.29) is 0 Å². The van der Waals surface area contributed by atoms with Crippen LogP contribution in [0.25, 0.3) is 0 Å². The Labute approximate surface area is 108 Å². The maximum Gasteiger partial charge on any atom is 0.335 e. The number of anilines is 1. The molecule has 0 aliphatic heterocycles. The predicted molar refractivity (Wildman–Crippen MR) is 73.2 cm³/mol. The fourth-order valence-electron chi connectivity index (χ4n) is 2.53. The Hall–Kier alpha value is -1.51. The van der Waals surface area contributed by atoms with Crippen molar-refractivity contribution in [3.8, 4) is 0 Å². The minimum absolute atomic E-state index is 0.384. The fraction of sp³-hybridized carbons (Fsp3) is 0.533. The molecule has 0 radical (unpaired) electrons.